The van der Waals surface area contributed by atoms with Crippen molar-refractivity contribution in [3.63, 3.8) is 0 Å². The Bertz CT molecular complexity index is 749. The van der Waals surface area contributed by atoms with Crippen molar-refractivity contribution >= 4 is 0 Å². The van der Waals surface area contributed by atoms with Crippen molar-refractivity contribution in [2.45, 2.75) is 77.4 Å². The summed E-state index contributed by atoms with van der Waals surface area (Å²) in [6.07, 6.45) is 5.00. The second-order valence-corrected chi connectivity index (χ2v) is 13.2. The van der Waals surface area contributed by atoms with Gasteiger partial charge in [-0.05, 0) is 104 Å². The van der Waals surface area contributed by atoms with Crippen LogP contribution in [0.1, 0.15) is 58.6 Å². The summed E-state index contributed by atoms with van der Waals surface area (Å²) in [5.74, 6) is 1.77. The van der Waals surface area contributed by atoms with E-state index >= 15 is 0 Å². The van der Waals surface area contributed by atoms with E-state index in [1.165, 1.54) is 76.2 Å². The molecular weight excluding hydrogens is 404 g/mol. The van der Waals surface area contributed by atoms with Gasteiger partial charge in [-0.25, -0.2) is 0 Å². The van der Waals surface area contributed by atoms with Crippen LogP contribution in [0.25, 0.3) is 0 Å². The second kappa shape index (κ2) is 9.97. The smallest absolute Gasteiger partial charge is 0.0228 e. The number of nitrogens with zero attached hydrogens (tertiary/aromatic N) is 4. The summed E-state index contributed by atoms with van der Waals surface area (Å²) < 4.78 is 0. The molecule has 4 rings (SSSR count). The van der Waals surface area contributed by atoms with E-state index in [0.717, 1.165) is 18.3 Å². The number of fused-ring (bicyclic) bond motifs is 1. The molecule has 3 saturated heterocycles. The second-order valence-electron chi connectivity index (χ2n) is 13.2. The van der Waals surface area contributed by atoms with Gasteiger partial charge in [-0.15, -0.1) is 0 Å². The van der Waals surface area contributed by atoms with Crippen molar-refractivity contribution in [3.05, 3.63) is 35.4 Å². The molecule has 0 bridgehead atoms. The Kier molecular flexibility index (Phi) is 7.60. The molecule has 4 nitrogen and oxygen atoms in total. The Labute approximate surface area is 204 Å². The number of likely N-dealkylation sites (tertiary alicyclic amines) is 3. The summed E-state index contributed by atoms with van der Waals surface area (Å²) in [6, 6.07) is 10.3. The van der Waals surface area contributed by atoms with Crippen LogP contribution in [0, 0.1) is 11.8 Å². The minimum absolute atomic E-state index is 0.215. The molecule has 3 heterocycles. The van der Waals surface area contributed by atoms with Gasteiger partial charge in [0.1, 0.15) is 0 Å². The Morgan fingerprint density at radius 2 is 1.48 bits per heavy atom. The summed E-state index contributed by atoms with van der Waals surface area (Å²) in [5, 5.41) is 0. The number of rotatable bonds is 8. The third-order valence-electron chi connectivity index (χ3n) is 8.62. The highest BCUT2D eigenvalue weighted by Crippen LogP contribution is 2.35. The highest BCUT2D eigenvalue weighted by molar-refractivity contribution is 5.24. The third kappa shape index (κ3) is 6.20. The van der Waals surface area contributed by atoms with E-state index in [2.05, 4.69) is 92.6 Å². The van der Waals surface area contributed by atoms with Crippen molar-refractivity contribution in [3.8, 4) is 0 Å². The molecule has 0 radical (unpaired) electrons. The molecule has 0 N–H and O–H groups in total. The summed E-state index contributed by atoms with van der Waals surface area (Å²) in [5.41, 5.74) is 3.52. The van der Waals surface area contributed by atoms with Gasteiger partial charge in [0.05, 0.1) is 0 Å². The van der Waals surface area contributed by atoms with Gasteiger partial charge in [-0.3, -0.25) is 9.80 Å². The highest BCUT2D eigenvalue weighted by Gasteiger charge is 2.42. The lowest BCUT2D eigenvalue weighted by molar-refractivity contribution is 0.0896. The maximum atomic E-state index is 2.77. The first-order chi connectivity index (χ1) is 15.5. The molecule has 1 aromatic carbocycles. The van der Waals surface area contributed by atoms with Crippen LogP contribution < -0.4 is 0 Å². The molecule has 1 aromatic rings. The van der Waals surface area contributed by atoms with Crippen molar-refractivity contribution in [2.75, 3.05) is 59.9 Å². The van der Waals surface area contributed by atoms with Gasteiger partial charge in [0, 0.05) is 56.4 Å². The van der Waals surface area contributed by atoms with Crippen LogP contribution in [-0.2, 0) is 12.8 Å². The predicted molar refractivity (Wildman–Crippen MR) is 141 cm³/mol. The number of hydrogen-bond acceptors (Lipinski definition) is 4. The molecule has 0 aromatic heterocycles. The van der Waals surface area contributed by atoms with Gasteiger partial charge in [0.15, 0.2) is 0 Å². The molecule has 3 aliphatic heterocycles. The van der Waals surface area contributed by atoms with Crippen LogP contribution in [0.5, 0.6) is 0 Å². The van der Waals surface area contributed by atoms with Gasteiger partial charge in [0.2, 0.25) is 0 Å². The van der Waals surface area contributed by atoms with Crippen LogP contribution in [0.15, 0.2) is 24.3 Å². The highest BCUT2D eigenvalue weighted by atomic mass is 15.3. The largest absolute Gasteiger partial charge is 0.308 e. The molecule has 0 spiro atoms. The van der Waals surface area contributed by atoms with Crippen LogP contribution in [0.4, 0.5) is 0 Å². The lowest BCUT2D eigenvalue weighted by Crippen LogP contribution is -2.51. The van der Waals surface area contributed by atoms with E-state index in [1.54, 1.807) is 0 Å². The zero-order valence-electron chi connectivity index (χ0n) is 22.6. The van der Waals surface area contributed by atoms with E-state index in [1.807, 2.05) is 0 Å². The molecule has 3 aliphatic rings. The molecule has 0 unspecified atom stereocenters. The topological polar surface area (TPSA) is 13.0 Å². The molecule has 0 saturated carbocycles. The molecule has 0 amide bonds. The number of likely N-dealkylation sites (N-methyl/N-ethyl adjacent to an activating group) is 1. The lowest BCUT2D eigenvalue weighted by Gasteiger charge is -2.41. The first-order valence-electron chi connectivity index (χ1n) is 13.5. The van der Waals surface area contributed by atoms with Crippen molar-refractivity contribution < 1.29 is 0 Å². The Morgan fingerprint density at radius 1 is 0.879 bits per heavy atom. The van der Waals surface area contributed by atoms with Crippen LogP contribution >= 0.6 is 0 Å². The van der Waals surface area contributed by atoms with E-state index in [-0.39, 0.29) is 5.54 Å². The monoisotopic (exact) mass is 454 g/mol. The molecule has 3 fully saturated rings. The minimum atomic E-state index is 0.215. The molecule has 3 atom stereocenters. The standard InChI is InChI=1S/C29H50N4/c1-28(2,3)32-20-25-18-31(19-26(25)21-32)16-14-23-10-12-24(13-11-23)17-29(4,5)33-15-8-9-27(33)22-30(6)7/h10-13,25-27H,8-9,14-22H2,1-7H3/t25-,26+,27-/m1/s1. The Morgan fingerprint density at radius 3 is 2.06 bits per heavy atom. The fourth-order valence-corrected chi connectivity index (χ4v) is 6.78. The molecule has 33 heavy (non-hydrogen) atoms. The average molecular weight is 455 g/mol. The fraction of sp³-hybridized carbons (Fsp3) is 0.793. The van der Waals surface area contributed by atoms with E-state index in [4.69, 9.17) is 0 Å². The molecule has 186 valence electrons. The normalized spacial score (nSPS) is 27.7. The average Bonchev–Trinajstić information content (AvgIpc) is 3.41. The zero-order valence-corrected chi connectivity index (χ0v) is 22.6. The minimum Gasteiger partial charge on any atom is -0.308 e. The van der Waals surface area contributed by atoms with Gasteiger partial charge >= 0.3 is 0 Å². The SMILES string of the molecule is CN(C)C[C@H]1CCCN1C(C)(C)Cc1ccc(CCN2C[C@@H]3CN(C(C)(C)C)C[C@@H]3C2)cc1. The first-order valence-corrected chi connectivity index (χ1v) is 13.5. The van der Waals surface area contributed by atoms with E-state index in [0.29, 0.717) is 11.6 Å². The van der Waals surface area contributed by atoms with E-state index in [9.17, 15) is 0 Å². The third-order valence-corrected chi connectivity index (χ3v) is 8.62. The summed E-state index contributed by atoms with van der Waals surface area (Å²) in [6.45, 7) is 20.8. The van der Waals surface area contributed by atoms with Crippen LogP contribution in [0.3, 0.4) is 0 Å². The Hall–Kier alpha value is -0.940. The summed E-state index contributed by atoms with van der Waals surface area (Å²) in [4.78, 5) is 10.5. The number of hydrogen-bond donors (Lipinski definition) is 0. The lowest BCUT2D eigenvalue weighted by atomic mass is 9.91. The van der Waals surface area contributed by atoms with Crippen LogP contribution in [-0.4, -0.2) is 96.6 Å². The molecule has 0 aliphatic carbocycles. The van der Waals surface area contributed by atoms with E-state index < -0.39 is 0 Å². The van der Waals surface area contributed by atoms with Crippen molar-refractivity contribution in [1.29, 1.82) is 0 Å². The van der Waals surface area contributed by atoms with Gasteiger partial charge in [-0.1, -0.05) is 24.3 Å². The predicted octanol–water partition coefficient (Wildman–Crippen LogP) is 4.24. The molecular formula is C29H50N4. The summed E-state index contributed by atoms with van der Waals surface area (Å²) >= 11 is 0. The number of benzene rings is 1. The maximum absolute atomic E-state index is 2.77. The van der Waals surface area contributed by atoms with Crippen molar-refractivity contribution in [2.24, 2.45) is 11.8 Å². The van der Waals surface area contributed by atoms with Crippen LogP contribution in [0.2, 0.25) is 0 Å². The maximum Gasteiger partial charge on any atom is 0.0228 e. The Balaban J connectivity index is 1.25. The zero-order chi connectivity index (χ0) is 23.8. The summed E-state index contributed by atoms with van der Waals surface area (Å²) in [7, 11) is 4.41. The van der Waals surface area contributed by atoms with Gasteiger partial charge < -0.3 is 9.80 Å². The van der Waals surface area contributed by atoms with Gasteiger partial charge in [-0.2, -0.15) is 0 Å². The van der Waals surface area contributed by atoms with Gasteiger partial charge in [0.25, 0.3) is 0 Å². The van der Waals surface area contributed by atoms with Crippen molar-refractivity contribution in [1.82, 2.24) is 19.6 Å². The first kappa shape index (κ1) is 25.2. The quantitative estimate of drug-likeness (QED) is 0.582. The fourth-order valence-electron chi connectivity index (χ4n) is 6.78. The molecule has 4 heteroatoms.